The van der Waals surface area contributed by atoms with Gasteiger partial charge >= 0.3 is 0 Å². The highest BCUT2D eigenvalue weighted by Gasteiger charge is 2.18. The predicted molar refractivity (Wildman–Crippen MR) is 64.7 cm³/mol. The minimum atomic E-state index is -0.00380. The molecule has 0 N–H and O–H groups in total. The zero-order valence-electron chi connectivity index (χ0n) is 9.87. The van der Waals surface area contributed by atoms with Crippen LogP contribution in [0.1, 0.15) is 31.9 Å². The Morgan fingerprint density at radius 3 is 2.07 bits per heavy atom. The number of aldehydes is 1. The molecule has 0 atom stereocenters. The molecule has 0 aliphatic heterocycles. The first kappa shape index (κ1) is 11.7. The van der Waals surface area contributed by atoms with E-state index in [1.807, 2.05) is 0 Å². The number of hydrogen-bond acceptors (Lipinski definition) is 1. The standard InChI is InChI=1S/C14H18O/c1-11-5-7-12(8-6-11)13(9-10-15)14(2,3)4/h5-10H,1-4H3/b13-9+. The molecule has 0 amide bonds. The van der Waals surface area contributed by atoms with Crippen molar-refractivity contribution in [2.24, 2.45) is 5.41 Å². The number of allylic oxidation sites excluding steroid dienone is 2. The summed E-state index contributed by atoms with van der Waals surface area (Å²) >= 11 is 0. The molecule has 0 radical (unpaired) electrons. The van der Waals surface area contributed by atoms with Crippen molar-refractivity contribution in [3.05, 3.63) is 41.5 Å². The van der Waals surface area contributed by atoms with Gasteiger partial charge in [0.05, 0.1) is 0 Å². The molecule has 0 spiro atoms. The summed E-state index contributed by atoms with van der Waals surface area (Å²) in [4.78, 5) is 10.6. The minimum absolute atomic E-state index is 0.00380. The van der Waals surface area contributed by atoms with Gasteiger partial charge < -0.3 is 0 Å². The van der Waals surface area contributed by atoms with E-state index >= 15 is 0 Å². The molecule has 0 saturated carbocycles. The van der Waals surface area contributed by atoms with E-state index in [1.165, 1.54) is 5.56 Å². The first-order valence-corrected chi connectivity index (χ1v) is 5.18. The van der Waals surface area contributed by atoms with E-state index in [2.05, 4.69) is 52.0 Å². The molecule has 0 aliphatic rings. The van der Waals surface area contributed by atoms with E-state index in [9.17, 15) is 4.79 Å². The molecule has 0 fully saturated rings. The summed E-state index contributed by atoms with van der Waals surface area (Å²) in [6, 6.07) is 8.27. The molecule has 1 heteroatoms. The van der Waals surface area contributed by atoms with Gasteiger partial charge in [-0.15, -0.1) is 0 Å². The van der Waals surface area contributed by atoms with Crippen LogP contribution in [0.3, 0.4) is 0 Å². The number of carbonyl (C=O) groups excluding carboxylic acids is 1. The van der Waals surface area contributed by atoms with Crippen LogP contribution in [0.5, 0.6) is 0 Å². The van der Waals surface area contributed by atoms with Crippen LogP contribution in [0.2, 0.25) is 0 Å². The Bertz CT molecular complexity index is 363. The predicted octanol–water partition coefficient (Wildman–Crippen LogP) is 3.62. The summed E-state index contributed by atoms with van der Waals surface area (Å²) in [5.74, 6) is 0. The summed E-state index contributed by atoms with van der Waals surface area (Å²) < 4.78 is 0. The van der Waals surface area contributed by atoms with Gasteiger partial charge in [-0.05, 0) is 29.6 Å². The molecule has 0 heterocycles. The lowest BCUT2D eigenvalue weighted by atomic mass is 9.82. The van der Waals surface area contributed by atoms with Crippen LogP contribution in [0, 0.1) is 12.3 Å². The van der Waals surface area contributed by atoms with Gasteiger partial charge in [-0.2, -0.15) is 0 Å². The molecule has 80 valence electrons. The van der Waals surface area contributed by atoms with E-state index in [-0.39, 0.29) is 5.41 Å². The number of rotatable bonds is 2. The molecular formula is C14H18O. The molecule has 1 nitrogen and oxygen atoms in total. The summed E-state index contributed by atoms with van der Waals surface area (Å²) in [5, 5.41) is 0. The van der Waals surface area contributed by atoms with Crippen LogP contribution in [0.25, 0.3) is 5.57 Å². The van der Waals surface area contributed by atoms with E-state index in [1.54, 1.807) is 6.08 Å². The van der Waals surface area contributed by atoms with Crippen molar-refractivity contribution in [1.82, 2.24) is 0 Å². The zero-order chi connectivity index (χ0) is 11.5. The third-order valence-corrected chi connectivity index (χ3v) is 2.41. The van der Waals surface area contributed by atoms with Gasteiger partial charge in [-0.1, -0.05) is 50.6 Å². The second-order valence-electron chi connectivity index (χ2n) is 4.83. The molecule has 0 unspecified atom stereocenters. The maximum Gasteiger partial charge on any atom is 0.143 e. The first-order valence-electron chi connectivity index (χ1n) is 5.18. The fourth-order valence-corrected chi connectivity index (χ4v) is 1.58. The third kappa shape index (κ3) is 3.05. The first-order chi connectivity index (χ1) is 6.95. The van der Waals surface area contributed by atoms with E-state index in [4.69, 9.17) is 0 Å². The van der Waals surface area contributed by atoms with Gasteiger partial charge in [0.25, 0.3) is 0 Å². The van der Waals surface area contributed by atoms with Gasteiger partial charge in [-0.25, -0.2) is 0 Å². The molecule has 1 aromatic carbocycles. The normalized spacial score (nSPS) is 12.7. The summed E-state index contributed by atoms with van der Waals surface area (Å²) in [5.41, 5.74) is 3.44. The summed E-state index contributed by atoms with van der Waals surface area (Å²) in [6.45, 7) is 8.40. The lowest BCUT2D eigenvalue weighted by Gasteiger charge is -2.23. The lowest BCUT2D eigenvalue weighted by molar-refractivity contribution is -0.104. The van der Waals surface area contributed by atoms with Crippen LogP contribution >= 0.6 is 0 Å². The lowest BCUT2D eigenvalue weighted by Crippen LogP contribution is -2.08. The van der Waals surface area contributed by atoms with Crippen molar-refractivity contribution in [3.63, 3.8) is 0 Å². The Morgan fingerprint density at radius 2 is 1.67 bits per heavy atom. The molecule has 0 bridgehead atoms. The van der Waals surface area contributed by atoms with Gasteiger partial charge in [0.15, 0.2) is 0 Å². The van der Waals surface area contributed by atoms with E-state index in [0.717, 1.165) is 17.4 Å². The van der Waals surface area contributed by atoms with Gasteiger partial charge in [0.1, 0.15) is 6.29 Å². The molecule has 0 saturated heterocycles. The second kappa shape index (κ2) is 4.43. The third-order valence-electron chi connectivity index (χ3n) is 2.41. The fourth-order valence-electron chi connectivity index (χ4n) is 1.58. The van der Waals surface area contributed by atoms with E-state index < -0.39 is 0 Å². The summed E-state index contributed by atoms with van der Waals surface area (Å²) in [6.07, 6.45) is 2.52. The van der Waals surface area contributed by atoms with Crippen LogP contribution in [0.4, 0.5) is 0 Å². The van der Waals surface area contributed by atoms with Gasteiger partial charge in [-0.3, -0.25) is 4.79 Å². The van der Waals surface area contributed by atoms with Crippen LogP contribution in [0.15, 0.2) is 30.3 Å². The Hall–Kier alpha value is -1.37. The highest BCUT2D eigenvalue weighted by atomic mass is 16.1. The van der Waals surface area contributed by atoms with Crippen LogP contribution in [-0.4, -0.2) is 6.29 Å². The molecule has 1 rings (SSSR count). The maximum absolute atomic E-state index is 10.6. The van der Waals surface area contributed by atoms with Gasteiger partial charge in [0.2, 0.25) is 0 Å². The quantitative estimate of drug-likeness (QED) is 0.528. The Labute approximate surface area is 91.8 Å². The SMILES string of the molecule is Cc1ccc(/C(=C\C=O)C(C)(C)C)cc1. The van der Waals surface area contributed by atoms with E-state index in [0.29, 0.717) is 0 Å². The van der Waals surface area contributed by atoms with Crippen molar-refractivity contribution in [3.8, 4) is 0 Å². The average Bonchev–Trinajstić information content (AvgIpc) is 2.14. The number of benzene rings is 1. The van der Waals surface area contributed by atoms with Crippen LogP contribution in [-0.2, 0) is 4.79 Å². The highest BCUT2D eigenvalue weighted by molar-refractivity contribution is 5.83. The average molecular weight is 202 g/mol. The second-order valence-corrected chi connectivity index (χ2v) is 4.83. The highest BCUT2D eigenvalue weighted by Crippen LogP contribution is 2.33. The monoisotopic (exact) mass is 202 g/mol. The minimum Gasteiger partial charge on any atom is -0.299 e. The Balaban J connectivity index is 3.17. The van der Waals surface area contributed by atoms with Crippen molar-refractivity contribution in [1.29, 1.82) is 0 Å². The van der Waals surface area contributed by atoms with Crippen molar-refractivity contribution in [2.45, 2.75) is 27.7 Å². The Morgan fingerprint density at radius 1 is 1.13 bits per heavy atom. The zero-order valence-corrected chi connectivity index (χ0v) is 9.87. The topological polar surface area (TPSA) is 17.1 Å². The number of carbonyl (C=O) groups is 1. The molecule has 15 heavy (non-hydrogen) atoms. The van der Waals surface area contributed by atoms with Crippen molar-refractivity contribution < 1.29 is 4.79 Å². The number of aryl methyl sites for hydroxylation is 1. The Kier molecular flexibility index (Phi) is 3.46. The fraction of sp³-hybridized carbons (Fsp3) is 0.357. The molecule has 1 aromatic rings. The molecule has 0 aliphatic carbocycles. The maximum atomic E-state index is 10.6. The van der Waals surface area contributed by atoms with Crippen molar-refractivity contribution in [2.75, 3.05) is 0 Å². The smallest absolute Gasteiger partial charge is 0.143 e. The van der Waals surface area contributed by atoms with Crippen LogP contribution < -0.4 is 0 Å². The van der Waals surface area contributed by atoms with Crippen molar-refractivity contribution >= 4 is 11.9 Å². The summed E-state index contributed by atoms with van der Waals surface area (Å²) in [7, 11) is 0. The molecule has 0 aromatic heterocycles. The molecular weight excluding hydrogens is 184 g/mol. The largest absolute Gasteiger partial charge is 0.299 e. The van der Waals surface area contributed by atoms with Gasteiger partial charge in [0, 0.05) is 0 Å². The number of hydrogen-bond donors (Lipinski definition) is 0.